The lowest BCUT2D eigenvalue weighted by molar-refractivity contribution is -0.135. The van der Waals surface area contributed by atoms with Gasteiger partial charge < -0.3 is 14.5 Å². The van der Waals surface area contributed by atoms with Gasteiger partial charge >= 0.3 is 6.03 Å². The number of imide groups is 1. The van der Waals surface area contributed by atoms with Crippen molar-refractivity contribution in [3.8, 4) is 5.75 Å². The molecule has 0 radical (unpaired) electrons. The number of rotatable bonds is 7. The zero-order chi connectivity index (χ0) is 24.2. The molecule has 0 bridgehead atoms. The number of hydrogen-bond donors (Lipinski definition) is 0. The first-order valence-corrected chi connectivity index (χ1v) is 13.9. The molecule has 34 heavy (non-hydrogen) atoms. The van der Waals surface area contributed by atoms with Crippen LogP contribution in [0.1, 0.15) is 70.8 Å². The highest BCUT2D eigenvalue weighted by Crippen LogP contribution is 2.31. The summed E-state index contributed by atoms with van der Waals surface area (Å²) in [6.45, 7) is 6.93. The Kier molecular flexibility index (Phi) is 8.57. The second-order valence-electron chi connectivity index (χ2n) is 10.7. The summed E-state index contributed by atoms with van der Waals surface area (Å²) in [4.78, 5) is 31.9. The van der Waals surface area contributed by atoms with E-state index in [9.17, 15) is 9.59 Å². The van der Waals surface area contributed by atoms with Crippen molar-refractivity contribution >= 4 is 27.9 Å². The largest absolute Gasteiger partial charge is 0.491 e. The van der Waals surface area contributed by atoms with Crippen molar-refractivity contribution in [1.82, 2.24) is 14.7 Å². The molecule has 3 aliphatic rings. The highest BCUT2D eigenvalue weighted by molar-refractivity contribution is 9.10. The van der Waals surface area contributed by atoms with Gasteiger partial charge in [-0.05, 0) is 88.7 Å². The standard InChI is InChI=1S/C27H40BrN3O3/c1-19(2)34-24-9-10-25(28)21(16-24)15-20-11-13-30(14-12-20)18-23-17-26(32)31(27(33)29(23)3)22-7-5-4-6-8-22/h9-10,16,19-20,22-23H,4-8,11-15,17-18H2,1-3H3. The first-order valence-electron chi connectivity index (χ1n) is 13.1. The van der Waals surface area contributed by atoms with E-state index in [-0.39, 0.29) is 30.1 Å². The Hall–Kier alpha value is -1.60. The predicted octanol–water partition coefficient (Wildman–Crippen LogP) is 5.48. The van der Waals surface area contributed by atoms with Gasteiger partial charge in [-0.15, -0.1) is 0 Å². The summed E-state index contributed by atoms with van der Waals surface area (Å²) in [5.41, 5.74) is 1.31. The van der Waals surface area contributed by atoms with Gasteiger partial charge in [0.05, 0.1) is 12.1 Å². The average molecular weight is 535 g/mol. The third-order valence-corrected chi connectivity index (χ3v) is 8.52. The number of carbonyl (C=O) groups is 2. The van der Waals surface area contributed by atoms with Gasteiger partial charge in [-0.25, -0.2) is 4.79 Å². The van der Waals surface area contributed by atoms with E-state index in [1.165, 1.54) is 12.0 Å². The van der Waals surface area contributed by atoms with Gasteiger partial charge in [0.15, 0.2) is 0 Å². The fraction of sp³-hybridized carbons (Fsp3) is 0.704. The average Bonchev–Trinajstić information content (AvgIpc) is 2.81. The molecule has 3 fully saturated rings. The van der Waals surface area contributed by atoms with E-state index in [1.54, 1.807) is 4.90 Å². The van der Waals surface area contributed by atoms with Crippen molar-refractivity contribution in [2.45, 2.75) is 89.8 Å². The molecule has 1 atom stereocenters. The first-order chi connectivity index (χ1) is 16.3. The van der Waals surface area contributed by atoms with Crippen molar-refractivity contribution in [2.75, 3.05) is 26.7 Å². The molecule has 1 aliphatic carbocycles. The molecule has 2 saturated heterocycles. The van der Waals surface area contributed by atoms with Crippen LogP contribution in [0.5, 0.6) is 5.75 Å². The van der Waals surface area contributed by atoms with Gasteiger partial charge in [-0.1, -0.05) is 35.2 Å². The Morgan fingerprint density at radius 3 is 2.44 bits per heavy atom. The van der Waals surface area contributed by atoms with Crippen molar-refractivity contribution in [1.29, 1.82) is 0 Å². The molecule has 1 aromatic rings. The molecule has 0 aromatic heterocycles. The van der Waals surface area contributed by atoms with Gasteiger partial charge in [0.1, 0.15) is 5.75 Å². The smallest absolute Gasteiger partial charge is 0.327 e. The molecule has 0 spiro atoms. The van der Waals surface area contributed by atoms with E-state index < -0.39 is 0 Å². The number of amides is 3. The number of nitrogens with zero attached hydrogens (tertiary/aromatic N) is 3. The molecule has 2 heterocycles. The number of urea groups is 1. The van der Waals surface area contributed by atoms with E-state index in [0.29, 0.717) is 12.3 Å². The number of piperidine rings is 1. The van der Waals surface area contributed by atoms with Crippen LogP contribution < -0.4 is 4.74 Å². The summed E-state index contributed by atoms with van der Waals surface area (Å²) in [5, 5.41) is 0. The maximum Gasteiger partial charge on any atom is 0.327 e. The zero-order valence-corrected chi connectivity index (χ0v) is 22.6. The van der Waals surface area contributed by atoms with Crippen LogP contribution in [-0.4, -0.2) is 71.5 Å². The normalized spacial score (nSPS) is 23.7. The molecule has 4 rings (SSSR count). The molecule has 2 aliphatic heterocycles. The van der Waals surface area contributed by atoms with Crippen LogP contribution in [-0.2, 0) is 11.2 Å². The molecule has 1 aromatic carbocycles. The van der Waals surface area contributed by atoms with Crippen molar-refractivity contribution in [3.05, 3.63) is 28.2 Å². The van der Waals surface area contributed by atoms with E-state index in [2.05, 4.69) is 46.8 Å². The number of carbonyl (C=O) groups excluding carboxylic acids is 2. The van der Waals surface area contributed by atoms with Crippen molar-refractivity contribution in [3.63, 3.8) is 0 Å². The molecule has 188 valence electrons. The second kappa shape index (κ2) is 11.4. The minimum Gasteiger partial charge on any atom is -0.491 e. The van der Waals surface area contributed by atoms with Crippen LogP contribution in [0.4, 0.5) is 4.79 Å². The number of halogens is 1. The molecular weight excluding hydrogens is 494 g/mol. The highest BCUT2D eigenvalue weighted by atomic mass is 79.9. The fourth-order valence-corrected chi connectivity index (χ4v) is 6.20. The predicted molar refractivity (Wildman–Crippen MR) is 138 cm³/mol. The summed E-state index contributed by atoms with van der Waals surface area (Å²) in [7, 11) is 1.88. The summed E-state index contributed by atoms with van der Waals surface area (Å²) in [6, 6.07) is 6.28. The SMILES string of the molecule is CC(C)Oc1ccc(Br)c(CC2CCN(CC3CC(=O)N(C4CCCCC4)C(=O)N3C)CC2)c1. The highest BCUT2D eigenvalue weighted by Gasteiger charge is 2.41. The number of ether oxygens (including phenoxy) is 1. The summed E-state index contributed by atoms with van der Waals surface area (Å²) in [6.07, 6.45) is 9.32. The quantitative estimate of drug-likeness (QED) is 0.465. The number of benzene rings is 1. The monoisotopic (exact) mass is 533 g/mol. The van der Waals surface area contributed by atoms with E-state index >= 15 is 0 Å². The Balaban J connectivity index is 1.28. The maximum absolute atomic E-state index is 13.1. The molecule has 7 heteroatoms. The Labute approximate surface area is 213 Å². The lowest BCUT2D eigenvalue weighted by Crippen LogP contribution is -2.61. The van der Waals surface area contributed by atoms with Gasteiger partial charge in [-0.2, -0.15) is 0 Å². The molecular formula is C27H40BrN3O3. The lowest BCUT2D eigenvalue weighted by Gasteiger charge is -2.44. The van der Waals surface area contributed by atoms with Crippen molar-refractivity contribution in [2.24, 2.45) is 5.92 Å². The van der Waals surface area contributed by atoms with Crippen molar-refractivity contribution < 1.29 is 14.3 Å². The molecule has 0 N–H and O–H groups in total. The van der Waals surface area contributed by atoms with Crippen LogP contribution in [0, 0.1) is 5.92 Å². The van der Waals surface area contributed by atoms with Gasteiger partial charge in [0, 0.05) is 30.5 Å². The third kappa shape index (κ3) is 6.14. The van der Waals surface area contributed by atoms with E-state index in [0.717, 1.165) is 74.8 Å². The van der Waals surface area contributed by atoms with E-state index in [1.807, 2.05) is 18.0 Å². The molecule has 1 unspecified atom stereocenters. The minimum atomic E-state index is -0.0867. The third-order valence-electron chi connectivity index (χ3n) is 7.75. The maximum atomic E-state index is 13.1. The molecule has 6 nitrogen and oxygen atoms in total. The number of likely N-dealkylation sites (N-methyl/N-ethyl adjacent to an activating group) is 1. The Bertz CT molecular complexity index is 863. The van der Waals surface area contributed by atoms with Crippen LogP contribution in [0.25, 0.3) is 0 Å². The van der Waals surface area contributed by atoms with Crippen LogP contribution in [0.15, 0.2) is 22.7 Å². The van der Waals surface area contributed by atoms with Gasteiger partial charge in [-0.3, -0.25) is 9.69 Å². The topological polar surface area (TPSA) is 53.1 Å². The second-order valence-corrected chi connectivity index (χ2v) is 11.5. The Morgan fingerprint density at radius 2 is 1.76 bits per heavy atom. The van der Waals surface area contributed by atoms with Crippen LogP contribution in [0.3, 0.4) is 0 Å². The minimum absolute atomic E-state index is 0.0181. The summed E-state index contributed by atoms with van der Waals surface area (Å²) >= 11 is 3.71. The number of hydrogen-bond acceptors (Lipinski definition) is 4. The van der Waals surface area contributed by atoms with Gasteiger partial charge in [0.25, 0.3) is 0 Å². The first kappa shape index (κ1) is 25.5. The van der Waals surface area contributed by atoms with Crippen LogP contribution >= 0.6 is 15.9 Å². The summed E-state index contributed by atoms with van der Waals surface area (Å²) < 4.78 is 7.03. The fourth-order valence-electron chi connectivity index (χ4n) is 5.79. The zero-order valence-electron chi connectivity index (χ0n) is 21.0. The summed E-state index contributed by atoms with van der Waals surface area (Å²) in [5.74, 6) is 1.60. The lowest BCUT2D eigenvalue weighted by atomic mass is 9.89. The molecule has 1 saturated carbocycles. The Morgan fingerprint density at radius 1 is 1.06 bits per heavy atom. The molecule has 3 amide bonds. The number of likely N-dealkylation sites (tertiary alicyclic amines) is 1. The van der Waals surface area contributed by atoms with Crippen LogP contribution in [0.2, 0.25) is 0 Å². The van der Waals surface area contributed by atoms with E-state index in [4.69, 9.17) is 4.74 Å². The van der Waals surface area contributed by atoms with Gasteiger partial charge in [0.2, 0.25) is 5.91 Å².